The van der Waals surface area contributed by atoms with Crippen LogP contribution in [-0.2, 0) is 19.5 Å². The summed E-state index contributed by atoms with van der Waals surface area (Å²) in [4.78, 5) is 16.4. The Balaban J connectivity index is 1.53. The highest BCUT2D eigenvalue weighted by Gasteiger charge is 2.34. The van der Waals surface area contributed by atoms with Gasteiger partial charge in [-0.05, 0) is 5.56 Å². The Morgan fingerprint density at radius 2 is 2.00 bits per heavy atom. The second-order valence-corrected chi connectivity index (χ2v) is 8.72. The molecule has 32 heavy (non-hydrogen) atoms. The van der Waals surface area contributed by atoms with Crippen molar-refractivity contribution in [3.05, 3.63) is 52.8 Å². The Bertz CT molecular complexity index is 943. The zero-order valence-electron chi connectivity index (χ0n) is 18.3. The van der Waals surface area contributed by atoms with E-state index >= 15 is 0 Å². The van der Waals surface area contributed by atoms with Gasteiger partial charge in [0.15, 0.2) is 5.69 Å². The van der Waals surface area contributed by atoms with Gasteiger partial charge in [0.2, 0.25) is 0 Å². The number of aromatic nitrogens is 2. The molecule has 4 rings (SSSR count). The van der Waals surface area contributed by atoms with Gasteiger partial charge in [-0.25, -0.2) is 5.43 Å². The molecule has 0 aliphatic carbocycles. The number of benzene rings is 1. The van der Waals surface area contributed by atoms with Crippen molar-refractivity contribution in [2.45, 2.75) is 38.1 Å². The number of rotatable bonds is 6. The van der Waals surface area contributed by atoms with E-state index < -0.39 is 12.6 Å². The SMILES string of the molecule is CN(C)C(=O)c1nn(CCC(F)(F)F)c2c1CN(CC1CNNC1c1ccccc1)CC2. The van der Waals surface area contributed by atoms with E-state index in [0.717, 1.165) is 30.9 Å². The number of fused-ring (bicyclic) bond motifs is 1. The lowest BCUT2D eigenvalue weighted by molar-refractivity contribution is -0.137. The molecule has 2 unspecified atom stereocenters. The molecule has 0 saturated carbocycles. The van der Waals surface area contributed by atoms with Crippen molar-refractivity contribution < 1.29 is 18.0 Å². The number of nitrogens with zero attached hydrogens (tertiary/aromatic N) is 4. The minimum Gasteiger partial charge on any atom is -0.343 e. The average Bonchev–Trinajstić information content (AvgIpc) is 3.36. The summed E-state index contributed by atoms with van der Waals surface area (Å²) >= 11 is 0. The van der Waals surface area contributed by atoms with Gasteiger partial charge in [-0.2, -0.15) is 18.3 Å². The molecule has 1 aromatic heterocycles. The maximum Gasteiger partial charge on any atom is 0.390 e. The number of alkyl halides is 3. The van der Waals surface area contributed by atoms with Gasteiger partial charge in [0.05, 0.1) is 12.5 Å². The van der Waals surface area contributed by atoms with Gasteiger partial charge in [0, 0.05) is 70.4 Å². The van der Waals surface area contributed by atoms with Crippen LogP contribution in [0.4, 0.5) is 13.2 Å². The largest absolute Gasteiger partial charge is 0.390 e. The molecule has 2 atom stereocenters. The fraction of sp³-hybridized carbons (Fsp3) is 0.545. The summed E-state index contributed by atoms with van der Waals surface area (Å²) < 4.78 is 39.8. The van der Waals surface area contributed by atoms with Crippen LogP contribution in [0, 0.1) is 5.92 Å². The maximum atomic E-state index is 12.8. The molecule has 2 aliphatic heterocycles. The van der Waals surface area contributed by atoms with E-state index in [1.807, 2.05) is 18.2 Å². The molecule has 2 aromatic rings. The van der Waals surface area contributed by atoms with Crippen molar-refractivity contribution in [3.8, 4) is 0 Å². The van der Waals surface area contributed by atoms with Gasteiger partial charge in [0.1, 0.15) is 0 Å². The summed E-state index contributed by atoms with van der Waals surface area (Å²) in [6.45, 7) is 2.59. The van der Waals surface area contributed by atoms with Gasteiger partial charge in [-0.15, -0.1) is 0 Å². The van der Waals surface area contributed by atoms with Crippen LogP contribution in [0.2, 0.25) is 0 Å². The number of hydrazine groups is 1. The van der Waals surface area contributed by atoms with Crippen molar-refractivity contribution >= 4 is 5.91 Å². The Hall–Kier alpha value is -2.43. The number of amides is 1. The van der Waals surface area contributed by atoms with Gasteiger partial charge in [-0.1, -0.05) is 30.3 Å². The van der Waals surface area contributed by atoms with Crippen molar-refractivity contribution in [1.29, 1.82) is 0 Å². The van der Waals surface area contributed by atoms with E-state index in [-0.39, 0.29) is 24.2 Å². The van der Waals surface area contributed by atoms with Crippen molar-refractivity contribution in [2.24, 2.45) is 5.92 Å². The molecular formula is C22H29F3N6O. The predicted molar refractivity (Wildman–Crippen MR) is 114 cm³/mol. The Morgan fingerprint density at radius 3 is 2.69 bits per heavy atom. The average molecular weight is 451 g/mol. The molecule has 0 bridgehead atoms. The third-order valence-corrected chi connectivity index (χ3v) is 6.17. The fourth-order valence-electron chi connectivity index (χ4n) is 4.56. The molecule has 2 aliphatic rings. The van der Waals surface area contributed by atoms with Gasteiger partial charge in [0.25, 0.3) is 5.91 Å². The van der Waals surface area contributed by atoms with Crippen LogP contribution in [0.1, 0.15) is 39.8 Å². The molecule has 2 N–H and O–H groups in total. The summed E-state index contributed by atoms with van der Waals surface area (Å²) in [6.07, 6.45) is -4.65. The number of halogens is 3. The maximum absolute atomic E-state index is 12.8. The number of hydrogen-bond donors (Lipinski definition) is 2. The highest BCUT2D eigenvalue weighted by atomic mass is 19.4. The lowest BCUT2D eigenvalue weighted by Crippen LogP contribution is -2.38. The van der Waals surface area contributed by atoms with E-state index in [0.29, 0.717) is 18.9 Å². The summed E-state index contributed by atoms with van der Waals surface area (Å²) in [5, 5.41) is 4.32. The van der Waals surface area contributed by atoms with Gasteiger partial charge in [-0.3, -0.25) is 19.8 Å². The number of carbonyl (C=O) groups excluding carboxylic acids is 1. The van der Waals surface area contributed by atoms with Crippen molar-refractivity contribution in [2.75, 3.05) is 33.7 Å². The minimum atomic E-state index is -4.26. The molecule has 174 valence electrons. The molecule has 1 amide bonds. The molecule has 1 saturated heterocycles. The zero-order chi connectivity index (χ0) is 22.9. The van der Waals surface area contributed by atoms with Crippen molar-refractivity contribution in [1.82, 2.24) is 30.4 Å². The molecule has 1 fully saturated rings. The van der Waals surface area contributed by atoms with Crippen LogP contribution in [0.5, 0.6) is 0 Å². The Labute approximate surface area is 185 Å². The predicted octanol–water partition coefficient (Wildman–Crippen LogP) is 2.36. The van der Waals surface area contributed by atoms with Crippen molar-refractivity contribution in [3.63, 3.8) is 0 Å². The van der Waals surface area contributed by atoms with Crippen LogP contribution in [-0.4, -0.2) is 65.4 Å². The summed E-state index contributed by atoms with van der Waals surface area (Å²) in [5.74, 6) is 0.0486. The third kappa shape index (κ3) is 4.97. The van der Waals surface area contributed by atoms with Crippen LogP contribution < -0.4 is 10.9 Å². The standard InChI is InChI=1S/C22H29F3N6O/c1-29(2)21(32)20-17-14-30(10-8-18(17)31(28-20)11-9-22(23,24)25)13-16-12-26-27-19(16)15-6-4-3-5-7-15/h3-7,16,19,26-27H,8-14H2,1-2H3. The van der Waals surface area contributed by atoms with Crippen LogP contribution >= 0.6 is 0 Å². The van der Waals surface area contributed by atoms with Gasteiger partial charge < -0.3 is 4.90 Å². The first-order chi connectivity index (χ1) is 15.2. The third-order valence-electron chi connectivity index (χ3n) is 6.17. The summed E-state index contributed by atoms with van der Waals surface area (Å²) in [5.41, 5.74) is 9.58. The topological polar surface area (TPSA) is 65.4 Å². The van der Waals surface area contributed by atoms with E-state index in [9.17, 15) is 18.0 Å². The lowest BCUT2D eigenvalue weighted by Gasteiger charge is -2.31. The highest BCUT2D eigenvalue weighted by molar-refractivity contribution is 5.93. The first-order valence-corrected chi connectivity index (χ1v) is 10.9. The van der Waals surface area contributed by atoms with E-state index in [2.05, 4.69) is 33.0 Å². The number of nitrogens with one attached hydrogen (secondary N) is 2. The molecule has 3 heterocycles. The number of carbonyl (C=O) groups is 1. The Morgan fingerprint density at radius 1 is 1.25 bits per heavy atom. The quantitative estimate of drug-likeness (QED) is 0.708. The van der Waals surface area contributed by atoms with Crippen LogP contribution in [0.15, 0.2) is 30.3 Å². The normalized spacial score (nSPS) is 21.5. The summed E-state index contributed by atoms with van der Waals surface area (Å²) in [7, 11) is 3.26. The van der Waals surface area contributed by atoms with Gasteiger partial charge >= 0.3 is 6.18 Å². The number of aryl methyl sites for hydroxylation is 1. The second kappa shape index (κ2) is 9.21. The zero-order valence-corrected chi connectivity index (χ0v) is 18.3. The molecule has 0 spiro atoms. The monoisotopic (exact) mass is 450 g/mol. The minimum absolute atomic E-state index is 0.176. The first-order valence-electron chi connectivity index (χ1n) is 10.9. The molecule has 1 aromatic carbocycles. The summed E-state index contributed by atoms with van der Waals surface area (Å²) in [6, 6.07) is 10.4. The number of hydrogen-bond acceptors (Lipinski definition) is 5. The van der Waals surface area contributed by atoms with E-state index in [1.54, 1.807) is 14.1 Å². The molecule has 10 heteroatoms. The van der Waals surface area contributed by atoms with Crippen LogP contribution in [0.25, 0.3) is 0 Å². The highest BCUT2D eigenvalue weighted by Crippen LogP contribution is 2.30. The second-order valence-electron chi connectivity index (χ2n) is 8.72. The van der Waals surface area contributed by atoms with Crippen LogP contribution in [0.3, 0.4) is 0 Å². The van der Waals surface area contributed by atoms with E-state index in [4.69, 9.17) is 0 Å². The smallest absolute Gasteiger partial charge is 0.343 e. The lowest BCUT2D eigenvalue weighted by atomic mass is 9.93. The Kier molecular flexibility index (Phi) is 6.55. The molecule has 7 nitrogen and oxygen atoms in total. The fourth-order valence-corrected chi connectivity index (χ4v) is 4.56. The first kappa shape index (κ1) is 22.8. The molecular weight excluding hydrogens is 421 g/mol. The van der Waals surface area contributed by atoms with E-state index in [1.165, 1.54) is 15.1 Å². The molecule has 0 radical (unpaired) electrons.